The first kappa shape index (κ1) is 26.9. The summed E-state index contributed by atoms with van der Waals surface area (Å²) in [6.45, 7) is 4.46. The monoisotopic (exact) mass is 550 g/mol. The Morgan fingerprint density at radius 3 is 2.33 bits per heavy atom. The van der Waals surface area contributed by atoms with Crippen molar-refractivity contribution >= 4 is 29.4 Å². The molecule has 39 heavy (non-hydrogen) atoms. The van der Waals surface area contributed by atoms with Crippen molar-refractivity contribution in [3.63, 3.8) is 0 Å². The smallest absolute Gasteiger partial charge is 0.410 e. The molecule has 5 rings (SSSR count). The predicted octanol–water partition coefficient (Wildman–Crippen LogP) is 5.52. The molecule has 0 bridgehead atoms. The van der Waals surface area contributed by atoms with E-state index in [1.165, 1.54) is 24.3 Å². The molecule has 7 nitrogen and oxygen atoms in total. The Morgan fingerprint density at radius 2 is 1.69 bits per heavy atom. The number of carbonyl (C=O) groups excluding carboxylic acids is 2. The average molecular weight is 551 g/mol. The summed E-state index contributed by atoms with van der Waals surface area (Å²) in [6, 6.07) is 16.7. The average Bonchev–Trinajstić information content (AvgIpc) is 3.40. The highest BCUT2D eigenvalue weighted by Crippen LogP contribution is 2.34. The maximum atomic E-state index is 13.7. The van der Waals surface area contributed by atoms with Crippen molar-refractivity contribution < 1.29 is 18.7 Å². The summed E-state index contributed by atoms with van der Waals surface area (Å²) in [6.07, 6.45) is 2.82. The van der Waals surface area contributed by atoms with Crippen molar-refractivity contribution in [2.24, 2.45) is 5.92 Å². The van der Waals surface area contributed by atoms with Crippen LogP contribution in [0.15, 0.2) is 66.9 Å². The highest BCUT2D eigenvalue weighted by atomic mass is 35.5. The van der Waals surface area contributed by atoms with Gasteiger partial charge in [-0.2, -0.15) is 0 Å². The second kappa shape index (κ2) is 11.6. The van der Waals surface area contributed by atoms with E-state index in [1.54, 1.807) is 11.9 Å². The van der Waals surface area contributed by atoms with E-state index in [-0.39, 0.29) is 29.5 Å². The van der Waals surface area contributed by atoms with Gasteiger partial charge in [-0.1, -0.05) is 29.8 Å². The van der Waals surface area contributed by atoms with Gasteiger partial charge in [0.05, 0.1) is 6.04 Å². The minimum Gasteiger partial charge on any atom is -0.410 e. The van der Waals surface area contributed by atoms with Gasteiger partial charge in [0.25, 0.3) is 0 Å². The van der Waals surface area contributed by atoms with Gasteiger partial charge in [-0.25, -0.2) is 14.2 Å². The van der Waals surface area contributed by atoms with E-state index < -0.39 is 11.9 Å². The van der Waals surface area contributed by atoms with E-state index in [4.69, 9.17) is 16.3 Å². The fourth-order valence-corrected chi connectivity index (χ4v) is 5.59. The van der Waals surface area contributed by atoms with Gasteiger partial charge in [-0.3, -0.25) is 4.79 Å². The molecule has 2 saturated heterocycles. The Bertz CT molecular complexity index is 1300. The molecule has 9 heteroatoms. The number of amides is 2. The third-order valence-electron chi connectivity index (χ3n) is 7.77. The summed E-state index contributed by atoms with van der Waals surface area (Å²) in [4.78, 5) is 36.9. The Kier molecular flexibility index (Phi) is 8.02. The first-order chi connectivity index (χ1) is 18.8. The minimum atomic E-state index is -0.557. The number of likely N-dealkylation sites (tertiary alicyclic amines) is 1. The molecule has 0 radical (unpaired) electrons. The van der Waals surface area contributed by atoms with Gasteiger partial charge < -0.3 is 19.4 Å². The molecule has 2 fully saturated rings. The molecule has 0 aliphatic carbocycles. The molecular weight excluding hydrogens is 519 g/mol. The van der Waals surface area contributed by atoms with Gasteiger partial charge in [0, 0.05) is 56.3 Å². The molecule has 0 spiro atoms. The van der Waals surface area contributed by atoms with Crippen LogP contribution in [-0.4, -0.2) is 66.1 Å². The van der Waals surface area contributed by atoms with Crippen LogP contribution < -0.4 is 9.64 Å². The number of nitrogens with zero attached hydrogens (tertiary/aromatic N) is 4. The highest BCUT2D eigenvalue weighted by Gasteiger charge is 2.42. The zero-order chi connectivity index (χ0) is 27.5. The van der Waals surface area contributed by atoms with E-state index in [0.29, 0.717) is 18.1 Å². The van der Waals surface area contributed by atoms with Gasteiger partial charge in [0.1, 0.15) is 17.4 Å². The third kappa shape index (κ3) is 6.17. The number of benzene rings is 2. The first-order valence-corrected chi connectivity index (χ1v) is 13.6. The number of halogens is 2. The molecule has 2 aliphatic rings. The summed E-state index contributed by atoms with van der Waals surface area (Å²) in [5.74, 6) is 0.737. The lowest BCUT2D eigenvalue weighted by atomic mass is 9.93. The number of pyridine rings is 1. The Morgan fingerprint density at radius 1 is 1.00 bits per heavy atom. The van der Waals surface area contributed by atoms with Crippen molar-refractivity contribution in [3.8, 4) is 5.75 Å². The van der Waals surface area contributed by atoms with Crippen LogP contribution in [0.4, 0.5) is 15.0 Å². The van der Waals surface area contributed by atoms with E-state index in [0.717, 1.165) is 42.9 Å². The van der Waals surface area contributed by atoms with Crippen LogP contribution in [0.1, 0.15) is 29.9 Å². The number of hydrogen-bond donors (Lipinski definition) is 0. The lowest BCUT2D eigenvalue weighted by molar-refractivity contribution is -0.135. The lowest BCUT2D eigenvalue weighted by Gasteiger charge is -2.34. The third-order valence-corrected chi connectivity index (χ3v) is 8.02. The second-order valence-corrected chi connectivity index (χ2v) is 10.8. The van der Waals surface area contributed by atoms with Crippen LogP contribution in [0.5, 0.6) is 5.75 Å². The van der Waals surface area contributed by atoms with E-state index in [9.17, 15) is 14.0 Å². The fraction of sp³-hybridized carbons (Fsp3) is 0.367. The van der Waals surface area contributed by atoms with Gasteiger partial charge in [-0.05, 0) is 73.4 Å². The molecular formula is C30H32ClFN4O3. The van der Waals surface area contributed by atoms with Crippen LogP contribution in [0.3, 0.4) is 0 Å². The highest BCUT2D eigenvalue weighted by molar-refractivity contribution is 6.30. The normalized spacial score (nSPS) is 19.7. The second-order valence-electron chi connectivity index (χ2n) is 10.4. The maximum absolute atomic E-state index is 13.7. The number of ether oxygens (including phenoxy) is 1. The summed E-state index contributed by atoms with van der Waals surface area (Å²) in [7, 11) is 1.68. The first-order valence-electron chi connectivity index (χ1n) is 13.2. The largest absolute Gasteiger partial charge is 0.415 e. The molecule has 1 aromatic heterocycles. The van der Waals surface area contributed by atoms with Crippen molar-refractivity contribution in [3.05, 3.63) is 88.8 Å². The van der Waals surface area contributed by atoms with Crippen LogP contribution >= 0.6 is 11.6 Å². The van der Waals surface area contributed by atoms with Crippen LogP contribution in [0.25, 0.3) is 0 Å². The quantitative estimate of drug-likeness (QED) is 0.418. The van der Waals surface area contributed by atoms with E-state index in [1.807, 2.05) is 48.4 Å². The summed E-state index contributed by atoms with van der Waals surface area (Å²) in [5, 5.41) is 0.625. The molecule has 2 atom stereocenters. The molecule has 2 aliphatic heterocycles. The summed E-state index contributed by atoms with van der Waals surface area (Å²) >= 11 is 6.13. The van der Waals surface area contributed by atoms with Crippen LogP contribution in [0, 0.1) is 18.7 Å². The summed E-state index contributed by atoms with van der Waals surface area (Å²) in [5.41, 5.74) is 2.12. The molecule has 2 amide bonds. The molecule has 2 aromatic carbocycles. The maximum Gasteiger partial charge on any atom is 0.415 e. The Labute approximate surface area is 233 Å². The zero-order valence-corrected chi connectivity index (χ0v) is 22.9. The Hall–Kier alpha value is -3.65. The van der Waals surface area contributed by atoms with Crippen LogP contribution in [0.2, 0.25) is 5.02 Å². The summed E-state index contributed by atoms with van der Waals surface area (Å²) < 4.78 is 18.8. The van der Waals surface area contributed by atoms with Gasteiger partial charge in [0.15, 0.2) is 0 Å². The molecule has 0 unspecified atom stereocenters. The van der Waals surface area contributed by atoms with Crippen LogP contribution in [-0.2, 0) is 4.79 Å². The fourth-order valence-electron chi connectivity index (χ4n) is 5.47. The van der Waals surface area contributed by atoms with Gasteiger partial charge >= 0.3 is 6.09 Å². The molecule has 0 saturated carbocycles. The lowest BCUT2D eigenvalue weighted by Crippen LogP contribution is -2.45. The topological polar surface area (TPSA) is 66.0 Å². The standard InChI is InChI=1S/C30H32ClFN4O3/c1-20-3-12-28(33-17-20)35-15-13-22(14-16-35)29(37)36-18-26(21-4-6-23(31)7-5-21)27(19-36)34(2)30(38)39-25-10-8-24(32)9-11-25/h3-12,17,22,26-27H,13-16,18-19H2,1-2H3/t26-,27+/m0/s1. The number of hydrogen-bond acceptors (Lipinski definition) is 5. The molecule has 3 aromatic rings. The number of aryl methyl sites for hydroxylation is 1. The number of likely N-dealkylation sites (N-methyl/N-ethyl adjacent to an activating group) is 1. The molecule has 3 heterocycles. The predicted molar refractivity (Wildman–Crippen MR) is 149 cm³/mol. The van der Waals surface area contributed by atoms with Crippen molar-refractivity contribution in [2.75, 3.05) is 38.1 Å². The number of aromatic nitrogens is 1. The SMILES string of the molecule is Cc1ccc(N2CCC(C(=O)N3C[C@@H](N(C)C(=O)Oc4ccc(F)cc4)[C@H](c4ccc(Cl)cc4)C3)CC2)nc1. The molecule has 0 N–H and O–H groups in total. The number of carbonyl (C=O) groups is 2. The van der Waals surface area contributed by atoms with Crippen molar-refractivity contribution in [1.82, 2.24) is 14.8 Å². The van der Waals surface area contributed by atoms with Gasteiger partial charge in [-0.15, -0.1) is 0 Å². The van der Waals surface area contributed by atoms with E-state index >= 15 is 0 Å². The zero-order valence-electron chi connectivity index (χ0n) is 22.1. The van der Waals surface area contributed by atoms with E-state index in [2.05, 4.69) is 16.0 Å². The van der Waals surface area contributed by atoms with Gasteiger partial charge in [0.2, 0.25) is 5.91 Å². The number of rotatable bonds is 5. The molecule has 204 valence electrons. The van der Waals surface area contributed by atoms with Crippen molar-refractivity contribution in [1.29, 1.82) is 0 Å². The number of piperidine rings is 1. The minimum absolute atomic E-state index is 0.0761. The Balaban J connectivity index is 1.28. The number of anilines is 1. The van der Waals surface area contributed by atoms with Crippen molar-refractivity contribution in [2.45, 2.75) is 31.7 Å².